The van der Waals surface area contributed by atoms with Crippen LogP contribution in [-0.2, 0) is 0 Å². The molecule has 0 saturated carbocycles. The van der Waals surface area contributed by atoms with E-state index in [0.717, 1.165) is 0 Å². The fourth-order valence-corrected chi connectivity index (χ4v) is 2.11. The van der Waals surface area contributed by atoms with Crippen molar-refractivity contribution in [1.29, 1.82) is 0 Å². The van der Waals surface area contributed by atoms with Gasteiger partial charge in [-0.15, -0.1) is 0 Å². The fraction of sp³-hybridized carbons (Fsp3) is 0.462. The summed E-state index contributed by atoms with van der Waals surface area (Å²) in [5, 5.41) is 9.96. The van der Waals surface area contributed by atoms with Gasteiger partial charge < -0.3 is 10.0 Å². The molecular formula is C13H17NO2. The molecular weight excluding hydrogens is 202 g/mol. The Morgan fingerprint density at radius 1 is 1.31 bits per heavy atom. The lowest BCUT2D eigenvalue weighted by atomic mass is 10.00. The van der Waals surface area contributed by atoms with Crippen molar-refractivity contribution >= 4 is 5.91 Å². The van der Waals surface area contributed by atoms with Crippen molar-refractivity contribution in [2.75, 3.05) is 6.54 Å². The molecule has 16 heavy (non-hydrogen) atoms. The third-order valence-electron chi connectivity index (χ3n) is 3.45. The van der Waals surface area contributed by atoms with Gasteiger partial charge >= 0.3 is 0 Å². The van der Waals surface area contributed by atoms with Crippen LogP contribution in [0.4, 0.5) is 0 Å². The third-order valence-corrected chi connectivity index (χ3v) is 3.45. The van der Waals surface area contributed by atoms with Crippen molar-refractivity contribution in [2.24, 2.45) is 11.8 Å². The van der Waals surface area contributed by atoms with E-state index in [4.69, 9.17) is 0 Å². The molecule has 2 rings (SSSR count). The van der Waals surface area contributed by atoms with Gasteiger partial charge in [0.2, 0.25) is 0 Å². The lowest BCUT2D eigenvalue weighted by Gasteiger charge is -2.21. The molecule has 1 aromatic carbocycles. The molecule has 1 heterocycles. The summed E-state index contributed by atoms with van der Waals surface area (Å²) in [6.45, 7) is 4.68. The molecule has 0 aliphatic carbocycles. The van der Waals surface area contributed by atoms with Gasteiger partial charge in [-0.1, -0.05) is 32.0 Å². The summed E-state index contributed by atoms with van der Waals surface area (Å²) >= 11 is 0. The monoisotopic (exact) mass is 219 g/mol. The van der Waals surface area contributed by atoms with Crippen molar-refractivity contribution in [3.05, 3.63) is 35.9 Å². The van der Waals surface area contributed by atoms with E-state index in [-0.39, 0.29) is 11.8 Å². The minimum atomic E-state index is -0.650. The number of likely N-dealkylation sites (tertiary alicyclic amines) is 1. The van der Waals surface area contributed by atoms with Gasteiger partial charge in [-0.3, -0.25) is 4.79 Å². The zero-order valence-corrected chi connectivity index (χ0v) is 9.63. The van der Waals surface area contributed by atoms with Gasteiger partial charge in [-0.2, -0.15) is 0 Å². The Balaban J connectivity index is 2.18. The Labute approximate surface area is 95.7 Å². The van der Waals surface area contributed by atoms with Gasteiger partial charge in [-0.05, 0) is 18.1 Å². The molecule has 86 valence electrons. The number of hydrogen-bond acceptors (Lipinski definition) is 2. The molecule has 0 aromatic heterocycles. The maximum atomic E-state index is 12.1. The van der Waals surface area contributed by atoms with E-state index in [1.165, 1.54) is 0 Å². The molecule has 3 nitrogen and oxygen atoms in total. The van der Waals surface area contributed by atoms with Crippen molar-refractivity contribution in [3.63, 3.8) is 0 Å². The molecule has 1 saturated heterocycles. The van der Waals surface area contributed by atoms with Crippen molar-refractivity contribution in [1.82, 2.24) is 4.90 Å². The fourth-order valence-electron chi connectivity index (χ4n) is 2.11. The molecule has 1 aromatic rings. The van der Waals surface area contributed by atoms with E-state index in [1.54, 1.807) is 17.0 Å². The highest BCUT2D eigenvalue weighted by molar-refractivity contribution is 5.94. The van der Waals surface area contributed by atoms with E-state index in [2.05, 4.69) is 6.92 Å². The number of nitrogens with zero attached hydrogens (tertiary/aromatic N) is 1. The standard InChI is InChI=1S/C13H17NO2/c1-9-8-14(12(15)10(9)2)13(16)11-6-4-3-5-7-11/h3-7,9-10,12,15H,8H2,1-2H3/t9-,10-,12+/m1/s1. The lowest BCUT2D eigenvalue weighted by molar-refractivity contribution is 0.0126. The van der Waals surface area contributed by atoms with Crippen LogP contribution in [0.2, 0.25) is 0 Å². The van der Waals surface area contributed by atoms with Crippen LogP contribution >= 0.6 is 0 Å². The molecule has 3 atom stereocenters. The Morgan fingerprint density at radius 2 is 1.94 bits per heavy atom. The normalized spacial score (nSPS) is 29.4. The van der Waals surface area contributed by atoms with Gasteiger partial charge in [0.25, 0.3) is 5.91 Å². The van der Waals surface area contributed by atoms with Crippen LogP contribution in [0.3, 0.4) is 0 Å². The Kier molecular flexibility index (Phi) is 2.97. The van der Waals surface area contributed by atoms with E-state index >= 15 is 0 Å². The molecule has 1 N–H and O–H groups in total. The van der Waals surface area contributed by atoms with E-state index in [0.29, 0.717) is 18.0 Å². The number of carbonyl (C=O) groups excluding carboxylic acids is 1. The number of hydrogen-bond donors (Lipinski definition) is 1. The average Bonchev–Trinajstić information content (AvgIpc) is 2.57. The van der Waals surface area contributed by atoms with Crippen molar-refractivity contribution < 1.29 is 9.90 Å². The topological polar surface area (TPSA) is 40.5 Å². The molecule has 1 aliphatic heterocycles. The third kappa shape index (κ3) is 1.83. The molecule has 1 aliphatic rings. The summed E-state index contributed by atoms with van der Waals surface area (Å²) in [5.41, 5.74) is 0.642. The molecule has 0 radical (unpaired) electrons. The van der Waals surface area contributed by atoms with Crippen LogP contribution in [0, 0.1) is 11.8 Å². The number of aliphatic hydroxyl groups is 1. The molecule has 0 bridgehead atoms. The molecule has 0 spiro atoms. The first-order chi connectivity index (χ1) is 7.61. The first-order valence-electron chi connectivity index (χ1n) is 5.65. The minimum absolute atomic E-state index is 0.0794. The number of aliphatic hydroxyl groups excluding tert-OH is 1. The largest absolute Gasteiger partial charge is 0.373 e. The lowest BCUT2D eigenvalue weighted by Crippen LogP contribution is -2.37. The maximum Gasteiger partial charge on any atom is 0.255 e. The van der Waals surface area contributed by atoms with Gasteiger partial charge in [0.1, 0.15) is 6.23 Å². The smallest absolute Gasteiger partial charge is 0.255 e. The highest BCUT2D eigenvalue weighted by Gasteiger charge is 2.38. The van der Waals surface area contributed by atoms with Crippen LogP contribution in [0.1, 0.15) is 24.2 Å². The predicted octanol–water partition coefficient (Wildman–Crippen LogP) is 1.73. The Hall–Kier alpha value is -1.35. The maximum absolute atomic E-state index is 12.1. The molecule has 0 unspecified atom stereocenters. The molecule has 3 heteroatoms. The van der Waals surface area contributed by atoms with E-state index < -0.39 is 6.23 Å². The Bertz CT molecular complexity index is 377. The SMILES string of the molecule is C[C@@H]1[C@H](C)CN(C(=O)c2ccccc2)[C@H]1O. The highest BCUT2D eigenvalue weighted by Crippen LogP contribution is 2.28. The zero-order chi connectivity index (χ0) is 11.7. The van der Waals surface area contributed by atoms with Gasteiger partial charge in [0, 0.05) is 18.0 Å². The number of carbonyl (C=O) groups is 1. The van der Waals surface area contributed by atoms with Crippen molar-refractivity contribution in [2.45, 2.75) is 20.1 Å². The number of benzene rings is 1. The first-order valence-corrected chi connectivity index (χ1v) is 5.65. The van der Waals surface area contributed by atoms with Gasteiger partial charge in [-0.25, -0.2) is 0 Å². The second-order valence-electron chi connectivity index (χ2n) is 4.57. The molecule has 1 fully saturated rings. The number of amides is 1. The van der Waals surface area contributed by atoms with Gasteiger partial charge in [0.05, 0.1) is 0 Å². The molecule has 1 amide bonds. The highest BCUT2D eigenvalue weighted by atomic mass is 16.3. The summed E-state index contributed by atoms with van der Waals surface area (Å²) in [5.74, 6) is 0.416. The summed E-state index contributed by atoms with van der Waals surface area (Å²) in [4.78, 5) is 13.7. The van der Waals surface area contributed by atoms with E-state index in [9.17, 15) is 9.90 Å². The number of rotatable bonds is 1. The minimum Gasteiger partial charge on any atom is -0.373 e. The summed E-state index contributed by atoms with van der Waals surface area (Å²) in [7, 11) is 0. The van der Waals surface area contributed by atoms with Crippen LogP contribution in [0.15, 0.2) is 30.3 Å². The Morgan fingerprint density at radius 3 is 2.44 bits per heavy atom. The van der Waals surface area contributed by atoms with Gasteiger partial charge in [0.15, 0.2) is 0 Å². The van der Waals surface area contributed by atoms with Crippen LogP contribution in [-0.4, -0.2) is 28.7 Å². The predicted molar refractivity (Wildman–Crippen MR) is 61.8 cm³/mol. The summed E-state index contributed by atoms with van der Waals surface area (Å²) in [6.07, 6.45) is -0.650. The van der Waals surface area contributed by atoms with Crippen LogP contribution in [0.25, 0.3) is 0 Å². The average molecular weight is 219 g/mol. The second-order valence-corrected chi connectivity index (χ2v) is 4.57. The van der Waals surface area contributed by atoms with E-state index in [1.807, 2.05) is 25.1 Å². The second kappa shape index (κ2) is 4.26. The van der Waals surface area contributed by atoms with Crippen LogP contribution in [0.5, 0.6) is 0 Å². The first kappa shape index (κ1) is 11.1. The zero-order valence-electron chi connectivity index (χ0n) is 9.63. The quantitative estimate of drug-likeness (QED) is 0.781. The van der Waals surface area contributed by atoms with Crippen molar-refractivity contribution in [3.8, 4) is 0 Å². The summed E-state index contributed by atoms with van der Waals surface area (Å²) < 4.78 is 0. The summed E-state index contributed by atoms with van der Waals surface area (Å²) in [6, 6.07) is 9.11. The van der Waals surface area contributed by atoms with Crippen LogP contribution < -0.4 is 0 Å².